The van der Waals surface area contributed by atoms with Crippen molar-refractivity contribution in [1.82, 2.24) is 8.54 Å². The molecule has 2 heterocycles. The summed E-state index contributed by atoms with van der Waals surface area (Å²) in [6, 6.07) is 1.18. The zero-order valence-corrected chi connectivity index (χ0v) is 9.66. The normalized spacial score (nSPS) is 28.5. The van der Waals surface area contributed by atoms with E-state index < -0.39 is 29.7 Å². The van der Waals surface area contributed by atoms with E-state index in [1.807, 2.05) is 0 Å². The molecule has 1 aromatic rings. The van der Waals surface area contributed by atoms with Crippen LogP contribution in [0, 0.1) is 0 Å². The lowest BCUT2D eigenvalue weighted by atomic mass is 10.2. The monoisotopic (exact) mass is 260 g/mol. The third-order valence-corrected chi connectivity index (χ3v) is 3.05. The van der Waals surface area contributed by atoms with Gasteiger partial charge in [-0.2, -0.15) is 0 Å². The van der Waals surface area contributed by atoms with Crippen LogP contribution in [-0.4, -0.2) is 37.6 Å². The molecular formula is C9H12N2O5S. The van der Waals surface area contributed by atoms with E-state index in [0.29, 0.717) is 3.97 Å². The molecule has 0 saturated carbocycles. The van der Waals surface area contributed by atoms with Crippen LogP contribution in [0.25, 0.3) is 0 Å². The van der Waals surface area contributed by atoms with Crippen LogP contribution in [-0.2, 0) is 4.74 Å². The van der Waals surface area contributed by atoms with Gasteiger partial charge >= 0.3 is 5.69 Å². The second kappa shape index (κ2) is 4.65. The first-order chi connectivity index (χ1) is 8.04. The first-order valence-corrected chi connectivity index (χ1v) is 5.42. The molecule has 17 heavy (non-hydrogen) atoms. The lowest BCUT2D eigenvalue weighted by Crippen LogP contribution is -2.36. The van der Waals surface area contributed by atoms with Gasteiger partial charge < -0.3 is 14.9 Å². The SMILES string of the molecule is O=c1ccn([C@H]2C[C@H](O)[C@@H](CO)O2)c(=O)n1S. The van der Waals surface area contributed by atoms with E-state index >= 15 is 0 Å². The van der Waals surface area contributed by atoms with Gasteiger partial charge in [-0.25, -0.2) is 8.77 Å². The predicted molar refractivity (Wildman–Crippen MR) is 61.0 cm³/mol. The number of rotatable bonds is 2. The molecule has 1 aromatic heterocycles. The van der Waals surface area contributed by atoms with Gasteiger partial charge in [0.25, 0.3) is 5.56 Å². The third-order valence-electron chi connectivity index (χ3n) is 2.68. The molecule has 1 aliphatic rings. The summed E-state index contributed by atoms with van der Waals surface area (Å²) in [5, 5.41) is 18.5. The van der Waals surface area contributed by atoms with Crippen molar-refractivity contribution in [3.8, 4) is 0 Å². The summed E-state index contributed by atoms with van der Waals surface area (Å²) in [7, 11) is 0. The number of nitrogens with zero attached hydrogens (tertiary/aromatic N) is 2. The van der Waals surface area contributed by atoms with E-state index in [9.17, 15) is 14.7 Å². The number of aromatic nitrogens is 2. The van der Waals surface area contributed by atoms with E-state index in [1.54, 1.807) is 0 Å². The Bertz CT molecular complexity index is 525. The van der Waals surface area contributed by atoms with Crippen molar-refractivity contribution in [3.05, 3.63) is 33.1 Å². The summed E-state index contributed by atoms with van der Waals surface area (Å²) >= 11 is 3.74. The highest BCUT2D eigenvalue weighted by atomic mass is 32.1. The lowest BCUT2D eigenvalue weighted by molar-refractivity contribution is -0.0460. The highest BCUT2D eigenvalue weighted by molar-refractivity contribution is 7.78. The van der Waals surface area contributed by atoms with Gasteiger partial charge in [-0.1, -0.05) is 12.8 Å². The fraction of sp³-hybridized carbons (Fsp3) is 0.556. The minimum atomic E-state index is -0.836. The summed E-state index contributed by atoms with van der Waals surface area (Å²) in [5.41, 5.74) is -1.18. The zero-order chi connectivity index (χ0) is 12.6. The van der Waals surface area contributed by atoms with Crippen LogP contribution in [0.1, 0.15) is 12.6 Å². The van der Waals surface area contributed by atoms with E-state index in [4.69, 9.17) is 9.84 Å². The van der Waals surface area contributed by atoms with Gasteiger partial charge in [0.15, 0.2) is 0 Å². The van der Waals surface area contributed by atoms with Crippen LogP contribution in [0.3, 0.4) is 0 Å². The van der Waals surface area contributed by atoms with E-state index in [2.05, 4.69) is 12.8 Å². The van der Waals surface area contributed by atoms with Crippen LogP contribution in [0.4, 0.5) is 0 Å². The van der Waals surface area contributed by atoms with Gasteiger partial charge in [-0.3, -0.25) is 9.36 Å². The molecule has 0 bridgehead atoms. The highest BCUT2D eigenvalue weighted by Gasteiger charge is 2.35. The van der Waals surface area contributed by atoms with Crippen molar-refractivity contribution in [3.63, 3.8) is 0 Å². The van der Waals surface area contributed by atoms with Crippen molar-refractivity contribution < 1.29 is 14.9 Å². The molecular weight excluding hydrogens is 248 g/mol. The number of thiol groups is 1. The van der Waals surface area contributed by atoms with E-state index in [1.165, 1.54) is 12.3 Å². The molecule has 0 aliphatic carbocycles. The molecule has 1 saturated heterocycles. The smallest absolute Gasteiger partial charge is 0.343 e. The van der Waals surface area contributed by atoms with Crippen molar-refractivity contribution in [2.75, 3.05) is 6.61 Å². The summed E-state index contributed by atoms with van der Waals surface area (Å²) in [4.78, 5) is 22.8. The molecule has 0 aromatic carbocycles. The summed E-state index contributed by atoms with van der Waals surface area (Å²) in [5.74, 6) is 0. The second-order valence-corrected chi connectivity index (χ2v) is 4.17. The Morgan fingerprint density at radius 1 is 1.53 bits per heavy atom. The Morgan fingerprint density at radius 2 is 2.24 bits per heavy atom. The molecule has 2 N–H and O–H groups in total. The zero-order valence-electron chi connectivity index (χ0n) is 8.76. The Morgan fingerprint density at radius 3 is 2.82 bits per heavy atom. The van der Waals surface area contributed by atoms with Crippen molar-refractivity contribution in [2.45, 2.75) is 24.9 Å². The largest absolute Gasteiger partial charge is 0.394 e. The number of aliphatic hydroxyl groups is 2. The Labute approximate surface area is 101 Å². The molecule has 1 fully saturated rings. The first-order valence-electron chi connectivity index (χ1n) is 5.02. The molecule has 1 aliphatic heterocycles. The average Bonchev–Trinajstić information content (AvgIpc) is 2.67. The van der Waals surface area contributed by atoms with Crippen LogP contribution in [0.15, 0.2) is 21.9 Å². The predicted octanol–water partition coefficient (Wildman–Crippen LogP) is -1.66. The van der Waals surface area contributed by atoms with Gasteiger partial charge in [0, 0.05) is 18.7 Å². The van der Waals surface area contributed by atoms with Gasteiger partial charge in [-0.15, -0.1) is 0 Å². The lowest BCUT2D eigenvalue weighted by Gasteiger charge is -2.14. The van der Waals surface area contributed by atoms with Gasteiger partial charge in [-0.05, 0) is 0 Å². The topological polar surface area (TPSA) is 93.7 Å². The van der Waals surface area contributed by atoms with Gasteiger partial charge in [0.05, 0.1) is 12.7 Å². The fourth-order valence-electron chi connectivity index (χ4n) is 1.75. The minimum absolute atomic E-state index is 0.178. The van der Waals surface area contributed by atoms with Crippen LogP contribution < -0.4 is 11.2 Å². The highest BCUT2D eigenvalue weighted by Crippen LogP contribution is 2.26. The van der Waals surface area contributed by atoms with Crippen LogP contribution in [0.5, 0.6) is 0 Å². The summed E-state index contributed by atoms with van der Waals surface area (Å²) < 4.78 is 7.11. The van der Waals surface area contributed by atoms with Gasteiger partial charge in [0.1, 0.15) is 12.3 Å². The quantitative estimate of drug-likeness (QED) is 0.554. The van der Waals surface area contributed by atoms with Crippen molar-refractivity contribution in [2.24, 2.45) is 0 Å². The number of hydrogen-bond donors (Lipinski definition) is 3. The van der Waals surface area contributed by atoms with Gasteiger partial charge in [0.2, 0.25) is 0 Å². The first kappa shape index (κ1) is 12.4. The molecule has 0 spiro atoms. The molecule has 94 valence electrons. The Balaban J connectivity index is 2.34. The molecule has 0 amide bonds. The van der Waals surface area contributed by atoms with Crippen molar-refractivity contribution >= 4 is 12.8 Å². The van der Waals surface area contributed by atoms with E-state index in [-0.39, 0.29) is 13.0 Å². The Kier molecular flexibility index (Phi) is 3.38. The van der Waals surface area contributed by atoms with Crippen LogP contribution >= 0.6 is 12.8 Å². The minimum Gasteiger partial charge on any atom is -0.394 e. The Hall–Kier alpha value is -1.09. The number of hydrogen-bond acceptors (Lipinski definition) is 6. The van der Waals surface area contributed by atoms with E-state index in [0.717, 1.165) is 4.57 Å². The maximum atomic E-state index is 11.7. The second-order valence-electron chi connectivity index (χ2n) is 3.77. The molecule has 0 radical (unpaired) electrons. The summed E-state index contributed by atoms with van der Waals surface area (Å²) in [6.45, 7) is -0.326. The average molecular weight is 260 g/mol. The number of ether oxygens (including phenoxy) is 1. The third kappa shape index (κ3) is 2.16. The molecule has 2 rings (SSSR count). The van der Waals surface area contributed by atoms with Crippen molar-refractivity contribution in [1.29, 1.82) is 0 Å². The van der Waals surface area contributed by atoms with Crippen LogP contribution in [0.2, 0.25) is 0 Å². The standard InChI is InChI=1S/C9H12N2O5S/c12-4-6-5(13)3-8(16-6)10-2-1-7(14)11(17)9(10)15/h1-2,5-6,8,12-13,17H,3-4H2/t5-,6+,8+/m0/s1. The maximum Gasteiger partial charge on any atom is 0.343 e. The molecule has 7 nitrogen and oxygen atoms in total. The summed E-state index contributed by atoms with van der Waals surface area (Å²) in [6.07, 6.45) is -0.788. The molecule has 3 atom stereocenters. The maximum absolute atomic E-state index is 11.7. The molecule has 0 unspecified atom stereocenters. The number of aliphatic hydroxyl groups excluding tert-OH is 2. The fourth-order valence-corrected chi connectivity index (χ4v) is 1.92. The molecule has 8 heteroatoms.